The van der Waals surface area contributed by atoms with Gasteiger partial charge in [0.05, 0.1) is 12.1 Å². The molecule has 0 aliphatic carbocycles. The molecule has 3 heterocycles. The van der Waals surface area contributed by atoms with E-state index >= 15 is 0 Å². The monoisotopic (exact) mass is 423 g/mol. The summed E-state index contributed by atoms with van der Waals surface area (Å²) in [6, 6.07) is 0.592. The number of amides is 1. The number of carbonyl (C=O) groups excluding carboxylic acids is 1. The lowest BCUT2D eigenvalue weighted by Crippen LogP contribution is -2.53. The highest BCUT2D eigenvalue weighted by atomic mass is 35.5. The Morgan fingerprint density at radius 1 is 1.25 bits per heavy atom. The number of piperazine rings is 1. The molecule has 0 bridgehead atoms. The van der Waals surface area contributed by atoms with Gasteiger partial charge in [0.15, 0.2) is 0 Å². The van der Waals surface area contributed by atoms with E-state index in [2.05, 4.69) is 15.3 Å². The van der Waals surface area contributed by atoms with Gasteiger partial charge in [-0.2, -0.15) is 13.2 Å². The largest absolute Gasteiger partial charge is 0.433 e. The van der Waals surface area contributed by atoms with Crippen molar-refractivity contribution in [1.29, 1.82) is 0 Å². The summed E-state index contributed by atoms with van der Waals surface area (Å²) in [7, 11) is 0. The summed E-state index contributed by atoms with van der Waals surface area (Å²) in [6.45, 7) is 5.44. The Balaban J connectivity index is 0.00000280. The average molecular weight is 424 g/mol. The number of hydrogen-bond donors (Lipinski definition) is 2. The molecule has 7 nitrogen and oxygen atoms in total. The molecule has 2 saturated heterocycles. The van der Waals surface area contributed by atoms with E-state index in [4.69, 9.17) is 0 Å². The number of anilines is 1. The van der Waals surface area contributed by atoms with Crippen LogP contribution >= 0.6 is 12.4 Å². The molecule has 3 rings (SSSR count). The van der Waals surface area contributed by atoms with Gasteiger partial charge in [-0.15, -0.1) is 12.4 Å². The van der Waals surface area contributed by atoms with Crippen LogP contribution < -0.4 is 10.2 Å². The zero-order valence-electron chi connectivity index (χ0n) is 15.7. The van der Waals surface area contributed by atoms with Crippen molar-refractivity contribution in [3.05, 3.63) is 17.5 Å². The Labute approximate surface area is 167 Å². The average Bonchev–Trinajstić information content (AvgIpc) is 3.06. The van der Waals surface area contributed by atoms with Crippen LogP contribution in [0.25, 0.3) is 0 Å². The summed E-state index contributed by atoms with van der Waals surface area (Å²) in [5.41, 5.74) is -0.603. The highest BCUT2D eigenvalue weighted by Gasteiger charge is 2.36. The van der Waals surface area contributed by atoms with Crippen LogP contribution in [0.2, 0.25) is 0 Å². The number of carbonyl (C=O) groups is 1. The maximum absolute atomic E-state index is 13.2. The van der Waals surface area contributed by atoms with Crippen molar-refractivity contribution >= 4 is 24.3 Å². The number of aromatic nitrogens is 2. The fourth-order valence-corrected chi connectivity index (χ4v) is 3.29. The van der Waals surface area contributed by atoms with E-state index < -0.39 is 24.0 Å². The molecule has 2 atom stereocenters. The quantitative estimate of drug-likeness (QED) is 0.765. The number of nitrogens with one attached hydrogen (secondary N) is 1. The molecule has 2 N–H and O–H groups in total. The van der Waals surface area contributed by atoms with Crippen LogP contribution in [0.15, 0.2) is 6.07 Å². The standard InChI is InChI=1S/C17H24F3N5O2.ClH/c1-10(2)12-8-14(17(18,19)20)23-16(22-12)25-5-3-24(4-6-25)15(27)13-7-11(26)9-21-13;/h8,10-11,13,21,26H,3-7,9H2,1-2H3;1H/t11-,13+;/m0./s1. The van der Waals surface area contributed by atoms with E-state index in [1.165, 1.54) is 0 Å². The van der Waals surface area contributed by atoms with Crippen LogP contribution in [0, 0.1) is 0 Å². The third kappa shape index (κ3) is 5.03. The molecule has 0 radical (unpaired) electrons. The van der Waals surface area contributed by atoms with Crippen molar-refractivity contribution < 1.29 is 23.1 Å². The van der Waals surface area contributed by atoms with Gasteiger partial charge in [-0.1, -0.05) is 13.8 Å². The smallest absolute Gasteiger partial charge is 0.392 e. The maximum Gasteiger partial charge on any atom is 0.433 e. The third-order valence-corrected chi connectivity index (χ3v) is 4.90. The van der Waals surface area contributed by atoms with E-state index in [0.717, 1.165) is 6.07 Å². The minimum atomic E-state index is -4.53. The zero-order valence-corrected chi connectivity index (χ0v) is 16.6. The molecule has 28 heavy (non-hydrogen) atoms. The van der Waals surface area contributed by atoms with Crippen LogP contribution in [-0.2, 0) is 11.0 Å². The lowest BCUT2D eigenvalue weighted by molar-refractivity contribution is -0.141. The molecule has 1 aromatic heterocycles. The summed E-state index contributed by atoms with van der Waals surface area (Å²) in [6.07, 6.45) is -4.67. The molecule has 1 amide bonds. The van der Waals surface area contributed by atoms with E-state index in [0.29, 0.717) is 44.8 Å². The van der Waals surface area contributed by atoms with Crippen LogP contribution in [0.4, 0.5) is 19.1 Å². The van der Waals surface area contributed by atoms with Crippen molar-refractivity contribution in [3.8, 4) is 0 Å². The molecule has 1 aromatic rings. The Hall–Kier alpha value is -1.65. The highest BCUT2D eigenvalue weighted by molar-refractivity contribution is 5.85. The third-order valence-electron chi connectivity index (χ3n) is 4.90. The van der Waals surface area contributed by atoms with E-state index in [9.17, 15) is 23.1 Å². The molecule has 0 aromatic carbocycles. The number of nitrogens with zero attached hydrogens (tertiary/aromatic N) is 4. The summed E-state index contributed by atoms with van der Waals surface area (Å²) in [5, 5.41) is 12.5. The number of rotatable bonds is 3. The zero-order chi connectivity index (χ0) is 19.8. The molecule has 11 heteroatoms. The van der Waals surface area contributed by atoms with Gasteiger partial charge in [0.1, 0.15) is 5.69 Å². The topological polar surface area (TPSA) is 81.6 Å². The first kappa shape index (κ1) is 22.6. The SMILES string of the molecule is CC(C)c1cc(C(F)(F)F)nc(N2CCN(C(=O)[C@H]3C[C@H](O)CN3)CC2)n1.Cl. The molecule has 2 aliphatic rings. The number of aliphatic hydroxyl groups excluding tert-OH is 1. The van der Waals surface area contributed by atoms with Gasteiger partial charge >= 0.3 is 6.18 Å². The van der Waals surface area contributed by atoms with Gasteiger partial charge in [-0.25, -0.2) is 9.97 Å². The maximum atomic E-state index is 13.2. The summed E-state index contributed by atoms with van der Waals surface area (Å²) in [5.74, 6) is -0.190. The molecule has 158 valence electrons. The van der Waals surface area contributed by atoms with Gasteiger partial charge in [-0.05, 0) is 18.4 Å². The van der Waals surface area contributed by atoms with Gasteiger partial charge in [0, 0.05) is 38.4 Å². The summed E-state index contributed by atoms with van der Waals surface area (Å²) >= 11 is 0. The highest BCUT2D eigenvalue weighted by Crippen LogP contribution is 2.31. The predicted octanol–water partition coefficient (Wildman–Crippen LogP) is 1.41. The van der Waals surface area contributed by atoms with Crippen LogP contribution in [0.1, 0.15) is 37.6 Å². The van der Waals surface area contributed by atoms with Gasteiger partial charge in [0.2, 0.25) is 11.9 Å². The van der Waals surface area contributed by atoms with Crippen molar-refractivity contribution in [2.75, 3.05) is 37.6 Å². The molecule has 2 fully saturated rings. The first-order chi connectivity index (χ1) is 12.6. The normalized spacial score (nSPS) is 23.1. The van der Waals surface area contributed by atoms with Gasteiger partial charge < -0.3 is 20.2 Å². The number of aliphatic hydroxyl groups is 1. The lowest BCUT2D eigenvalue weighted by atomic mass is 10.1. The van der Waals surface area contributed by atoms with E-state index in [1.54, 1.807) is 23.6 Å². The predicted molar refractivity (Wildman–Crippen MR) is 99.6 cm³/mol. The van der Waals surface area contributed by atoms with E-state index in [1.807, 2.05) is 0 Å². The van der Waals surface area contributed by atoms with Gasteiger partial charge in [0.25, 0.3) is 0 Å². The molecular weight excluding hydrogens is 399 g/mol. The molecular formula is C17H25ClF3N5O2. The molecule has 0 saturated carbocycles. The second-order valence-electron chi connectivity index (χ2n) is 7.29. The van der Waals surface area contributed by atoms with Crippen molar-refractivity contribution in [3.63, 3.8) is 0 Å². The Kier molecular flexibility index (Phi) is 7.11. The van der Waals surface area contributed by atoms with E-state index in [-0.39, 0.29) is 30.2 Å². The number of β-amino-alcohol motifs (C(OH)–C–C–N with tert-alkyl or cyclic N) is 1. The molecule has 2 aliphatic heterocycles. The molecule has 0 unspecified atom stereocenters. The Morgan fingerprint density at radius 2 is 1.89 bits per heavy atom. The fraction of sp³-hybridized carbons (Fsp3) is 0.706. The summed E-state index contributed by atoms with van der Waals surface area (Å²) in [4.78, 5) is 23.8. The first-order valence-corrected chi connectivity index (χ1v) is 9.06. The Bertz CT molecular complexity index is 696. The number of alkyl halides is 3. The van der Waals surface area contributed by atoms with Crippen molar-refractivity contribution in [2.45, 2.75) is 44.5 Å². The fourth-order valence-electron chi connectivity index (χ4n) is 3.29. The minimum absolute atomic E-state index is 0. The van der Waals surface area contributed by atoms with Crippen molar-refractivity contribution in [2.24, 2.45) is 0 Å². The van der Waals surface area contributed by atoms with Crippen LogP contribution in [0.3, 0.4) is 0 Å². The van der Waals surface area contributed by atoms with Gasteiger partial charge in [-0.3, -0.25) is 4.79 Å². The van der Waals surface area contributed by atoms with Crippen molar-refractivity contribution in [1.82, 2.24) is 20.2 Å². The number of halogens is 4. The minimum Gasteiger partial charge on any atom is -0.392 e. The number of hydrogen-bond acceptors (Lipinski definition) is 6. The second-order valence-corrected chi connectivity index (χ2v) is 7.29. The first-order valence-electron chi connectivity index (χ1n) is 9.06. The van der Waals surface area contributed by atoms with Crippen LogP contribution in [0.5, 0.6) is 0 Å². The molecule has 0 spiro atoms. The second kappa shape index (κ2) is 8.79. The lowest BCUT2D eigenvalue weighted by Gasteiger charge is -2.36. The van der Waals surface area contributed by atoms with Crippen LogP contribution in [-0.4, -0.2) is 70.8 Å². The Morgan fingerprint density at radius 3 is 2.39 bits per heavy atom. The summed E-state index contributed by atoms with van der Waals surface area (Å²) < 4.78 is 39.5.